The molecule has 2 N–H and O–H groups in total. The topological polar surface area (TPSA) is 35.2 Å². The van der Waals surface area contributed by atoms with Gasteiger partial charge in [0.15, 0.2) is 0 Å². The van der Waals surface area contributed by atoms with Gasteiger partial charge in [0.2, 0.25) is 0 Å². The highest BCUT2D eigenvalue weighted by molar-refractivity contribution is 5.61. The minimum absolute atomic E-state index is 0.222. The molecule has 0 radical (unpaired) electrons. The minimum atomic E-state index is 0.222. The van der Waals surface area contributed by atoms with E-state index in [9.17, 15) is 0 Å². The van der Waals surface area contributed by atoms with Crippen molar-refractivity contribution < 1.29 is 4.74 Å². The van der Waals surface area contributed by atoms with E-state index in [-0.39, 0.29) is 12.1 Å². The van der Waals surface area contributed by atoms with Crippen molar-refractivity contribution in [2.24, 2.45) is 5.73 Å². The Balaban J connectivity index is 1.94. The molecule has 0 saturated heterocycles. The number of nitrogens with two attached hydrogens (primary N) is 1. The monoisotopic (exact) mass is 231 g/mol. The molecular weight excluding hydrogens is 210 g/mol. The molecule has 0 aliphatic heterocycles. The molecule has 0 bridgehead atoms. The molecule has 2 heteroatoms. The Hall–Kier alpha value is -1.12. The Morgan fingerprint density at radius 1 is 1.47 bits per heavy atom. The third-order valence-corrected chi connectivity index (χ3v) is 3.39. The quantitative estimate of drug-likeness (QED) is 0.864. The van der Waals surface area contributed by atoms with Gasteiger partial charge in [0.1, 0.15) is 0 Å². The normalized spacial score (nSPS) is 23.9. The average molecular weight is 231 g/mol. The highest BCUT2D eigenvalue weighted by Crippen LogP contribution is 2.22. The van der Waals surface area contributed by atoms with Crippen molar-refractivity contribution in [1.29, 1.82) is 0 Å². The number of hydrogen-bond donors (Lipinski definition) is 1. The predicted octanol–water partition coefficient (Wildman–Crippen LogP) is 3.12. The number of ether oxygens (including phenoxy) is 1. The first-order chi connectivity index (χ1) is 8.16. The van der Waals surface area contributed by atoms with Gasteiger partial charge in [-0.05, 0) is 43.4 Å². The fourth-order valence-electron chi connectivity index (χ4n) is 2.29. The molecule has 0 aromatic heterocycles. The fraction of sp³-hybridized carbons (Fsp3) is 0.467. The maximum Gasteiger partial charge on any atom is 0.0730 e. The Morgan fingerprint density at radius 3 is 2.94 bits per heavy atom. The van der Waals surface area contributed by atoms with Crippen LogP contribution in [-0.2, 0) is 11.3 Å². The van der Waals surface area contributed by atoms with Gasteiger partial charge in [-0.25, -0.2) is 0 Å². The van der Waals surface area contributed by atoms with Crippen LogP contribution in [0.5, 0.6) is 0 Å². The van der Waals surface area contributed by atoms with Crippen molar-refractivity contribution in [1.82, 2.24) is 0 Å². The van der Waals surface area contributed by atoms with E-state index in [1.54, 1.807) is 0 Å². The summed E-state index contributed by atoms with van der Waals surface area (Å²) in [5.41, 5.74) is 9.45. The standard InChI is InChI=1S/C15H21NO/c1-11(2)13-6-3-5-12(9-13)10-17-15-8-4-7-14(15)16/h3,5-6,9,14-15H,1,4,7-8,10,16H2,2H3. The van der Waals surface area contributed by atoms with Crippen LogP contribution in [0.4, 0.5) is 0 Å². The zero-order valence-corrected chi connectivity index (χ0v) is 10.5. The number of benzene rings is 1. The van der Waals surface area contributed by atoms with Crippen molar-refractivity contribution >= 4 is 5.57 Å². The van der Waals surface area contributed by atoms with Gasteiger partial charge in [0, 0.05) is 6.04 Å². The van der Waals surface area contributed by atoms with E-state index in [1.807, 2.05) is 6.92 Å². The summed E-state index contributed by atoms with van der Waals surface area (Å²) in [5, 5.41) is 0. The van der Waals surface area contributed by atoms with E-state index in [1.165, 1.54) is 17.5 Å². The van der Waals surface area contributed by atoms with E-state index in [2.05, 4.69) is 30.8 Å². The molecule has 1 fully saturated rings. The van der Waals surface area contributed by atoms with Crippen LogP contribution in [-0.4, -0.2) is 12.1 Å². The Kier molecular flexibility index (Phi) is 3.97. The molecule has 1 saturated carbocycles. The first-order valence-corrected chi connectivity index (χ1v) is 6.29. The smallest absolute Gasteiger partial charge is 0.0730 e. The van der Waals surface area contributed by atoms with Crippen LogP contribution in [0.25, 0.3) is 5.57 Å². The predicted molar refractivity (Wildman–Crippen MR) is 71.6 cm³/mol. The van der Waals surface area contributed by atoms with Crippen LogP contribution in [0, 0.1) is 0 Å². The van der Waals surface area contributed by atoms with Gasteiger partial charge in [-0.15, -0.1) is 0 Å². The Bertz CT molecular complexity index is 400. The fourth-order valence-corrected chi connectivity index (χ4v) is 2.29. The van der Waals surface area contributed by atoms with E-state index >= 15 is 0 Å². The zero-order chi connectivity index (χ0) is 12.3. The lowest BCUT2D eigenvalue weighted by Gasteiger charge is -2.16. The summed E-state index contributed by atoms with van der Waals surface area (Å²) < 4.78 is 5.88. The SMILES string of the molecule is C=C(C)c1cccc(COC2CCCC2N)c1. The van der Waals surface area contributed by atoms with Gasteiger partial charge in [-0.2, -0.15) is 0 Å². The number of rotatable bonds is 4. The molecule has 1 aliphatic carbocycles. The van der Waals surface area contributed by atoms with Crippen molar-refractivity contribution in [3.63, 3.8) is 0 Å². The third-order valence-electron chi connectivity index (χ3n) is 3.39. The van der Waals surface area contributed by atoms with Crippen LogP contribution in [0.15, 0.2) is 30.8 Å². The molecule has 0 heterocycles. The summed E-state index contributed by atoms with van der Waals surface area (Å²) in [5.74, 6) is 0. The van der Waals surface area contributed by atoms with Gasteiger partial charge in [0.05, 0.1) is 12.7 Å². The minimum Gasteiger partial charge on any atom is -0.372 e. The maximum atomic E-state index is 5.98. The summed E-state index contributed by atoms with van der Waals surface area (Å²) in [6.07, 6.45) is 3.62. The van der Waals surface area contributed by atoms with Crippen molar-refractivity contribution in [3.05, 3.63) is 42.0 Å². The largest absolute Gasteiger partial charge is 0.372 e. The summed E-state index contributed by atoms with van der Waals surface area (Å²) in [6, 6.07) is 8.58. The molecule has 17 heavy (non-hydrogen) atoms. The molecule has 0 amide bonds. The van der Waals surface area contributed by atoms with Crippen LogP contribution in [0.2, 0.25) is 0 Å². The van der Waals surface area contributed by atoms with Crippen molar-refractivity contribution in [2.45, 2.75) is 44.9 Å². The molecule has 1 aliphatic rings. The second-order valence-corrected chi connectivity index (χ2v) is 4.92. The third kappa shape index (κ3) is 3.18. The van der Waals surface area contributed by atoms with Crippen LogP contribution in [0.3, 0.4) is 0 Å². The van der Waals surface area contributed by atoms with E-state index in [0.717, 1.165) is 18.4 Å². The second kappa shape index (κ2) is 5.48. The molecule has 92 valence electrons. The van der Waals surface area contributed by atoms with Gasteiger partial charge >= 0.3 is 0 Å². The first kappa shape index (κ1) is 12.3. The summed E-state index contributed by atoms with van der Waals surface area (Å²) in [6.45, 7) is 6.63. The number of allylic oxidation sites excluding steroid dienone is 1. The molecule has 2 rings (SSSR count). The molecule has 0 spiro atoms. The van der Waals surface area contributed by atoms with Crippen molar-refractivity contribution in [3.8, 4) is 0 Å². The first-order valence-electron chi connectivity index (χ1n) is 6.29. The molecule has 2 unspecified atom stereocenters. The van der Waals surface area contributed by atoms with E-state index in [0.29, 0.717) is 6.61 Å². The van der Waals surface area contributed by atoms with Gasteiger partial charge < -0.3 is 10.5 Å². The van der Waals surface area contributed by atoms with E-state index < -0.39 is 0 Å². The molecule has 1 aromatic rings. The van der Waals surface area contributed by atoms with Gasteiger partial charge in [-0.1, -0.05) is 30.4 Å². The highest BCUT2D eigenvalue weighted by atomic mass is 16.5. The molecular formula is C15H21NO. The van der Waals surface area contributed by atoms with Gasteiger partial charge in [0.25, 0.3) is 0 Å². The molecule has 1 aromatic carbocycles. The van der Waals surface area contributed by atoms with E-state index in [4.69, 9.17) is 10.5 Å². The second-order valence-electron chi connectivity index (χ2n) is 4.92. The summed E-state index contributed by atoms with van der Waals surface area (Å²) >= 11 is 0. The molecule has 2 atom stereocenters. The van der Waals surface area contributed by atoms with Gasteiger partial charge in [-0.3, -0.25) is 0 Å². The maximum absolute atomic E-state index is 5.98. The highest BCUT2D eigenvalue weighted by Gasteiger charge is 2.24. The van der Waals surface area contributed by atoms with Crippen LogP contribution in [0.1, 0.15) is 37.3 Å². The Morgan fingerprint density at radius 2 is 2.29 bits per heavy atom. The summed E-state index contributed by atoms with van der Waals surface area (Å²) in [7, 11) is 0. The molecule has 2 nitrogen and oxygen atoms in total. The van der Waals surface area contributed by atoms with Crippen LogP contribution >= 0.6 is 0 Å². The summed E-state index contributed by atoms with van der Waals surface area (Å²) in [4.78, 5) is 0. The average Bonchev–Trinajstić information content (AvgIpc) is 2.72. The number of hydrogen-bond acceptors (Lipinski definition) is 2. The lowest BCUT2D eigenvalue weighted by molar-refractivity contribution is 0.0357. The Labute approximate surface area is 103 Å². The van der Waals surface area contributed by atoms with Crippen LogP contribution < -0.4 is 5.73 Å². The zero-order valence-electron chi connectivity index (χ0n) is 10.5. The van der Waals surface area contributed by atoms with Crippen molar-refractivity contribution in [2.75, 3.05) is 0 Å². The lowest BCUT2D eigenvalue weighted by Crippen LogP contribution is -2.31. The lowest BCUT2D eigenvalue weighted by atomic mass is 10.1.